The molecule has 1 aromatic carbocycles. The van der Waals surface area contributed by atoms with E-state index in [1.54, 1.807) is 6.33 Å². The first-order valence-corrected chi connectivity index (χ1v) is 8.52. The Bertz CT molecular complexity index is 621. The summed E-state index contributed by atoms with van der Waals surface area (Å²) in [6.45, 7) is 5.06. The minimum absolute atomic E-state index is 0.0793. The van der Waals surface area contributed by atoms with Crippen molar-refractivity contribution in [3.8, 4) is 11.4 Å². The van der Waals surface area contributed by atoms with Crippen LogP contribution in [0.25, 0.3) is 11.4 Å². The summed E-state index contributed by atoms with van der Waals surface area (Å²) in [6, 6.07) is 7.77. The van der Waals surface area contributed by atoms with Crippen molar-refractivity contribution in [1.29, 1.82) is 0 Å². The Morgan fingerprint density at radius 3 is 2.78 bits per heavy atom. The average Bonchev–Trinajstić information content (AvgIpc) is 3.03. The summed E-state index contributed by atoms with van der Waals surface area (Å²) in [7, 11) is 0. The van der Waals surface area contributed by atoms with Crippen LogP contribution < -0.4 is 5.32 Å². The van der Waals surface area contributed by atoms with Crippen LogP contribution in [0.4, 0.5) is 5.69 Å². The summed E-state index contributed by atoms with van der Waals surface area (Å²) < 4.78 is 1.98. The fourth-order valence-electron chi connectivity index (χ4n) is 2.56. The predicted octanol–water partition coefficient (Wildman–Crippen LogP) is 4.26. The van der Waals surface area contributed by atoms with Gasteiger partial charge in [-0.1, -0.05) is 44.7 Å². The number of hydrogen-bond donors (Lipinski definition) is 1. The van der Waals surface area contributed by atoms with E-state index in [2.05, 4.69) is 29.4 Å². The number of hydrogen-bond acceptors (Lipinski definition) is 3. The van der Waals surface area contributed by atoms with Crippen LogP contribution in [-0.2, 0) is 11.3 Å². The number of rotatable bonds is 9. The van der Waals surface area contributed by atoms with Gasteiger partial charge in [0.1, 0.15) is 6.33 Å². The highest BCUT2D eigenvalue weighted by Crippen LogP contribution is 2.21. The first kappa shape index (κ1) is 17.2. The van der Waals surface area contributed by atoms with Crippen LogP contribution in [0.15, 0.2) is 30.6 Å². The van der Waals surface area contributed by atoms with Crippen LogP contribution in [0.3, 0.4) is 0 Å². The molecule has 1 heterocycles. The second-order valence-corrected chi connectivity index (χ2v) is 5.73. The van der Waals surface area contributed by atoms with Crippen LogP contribution in [0.1, 0.15) is 52.4 Å². The molecule has 0 saturated heterocycles. The van der Waals surface area contributed by atoms with E-state index in [9.17, 15) is 4.79 Å². The molecule has 124 valence electrons. The van der Waals surface area contributed by atoms with Crippen molar-refractivity contribution in [3.05, 3.63) is 30.6 Å². The highest BCUT2D eigenvalue weighted by Gasteiger charge is 2.08. The molecule has 0 aliphatic rings. The summed E-state index contributed by atoms with van der Waals surface area (Å²) in [5, 5.41) is 11.1. The Labute approximate surface area is 138 Å². The van der Waals surface area contributed by atoms with Gasteiger partial charge in [0.25, 0.3) is 0 Å². The van der Waals surface area contributed by atoms with Crippen LogP contribution in [0.2, 0.25) is 0 Å². The molecule has 0 unspecified atom stereocenters. The average molecular weight is 314 g/mol. The Kier molecular flexibility index (Phi) is 6.78. The monoisotopic (exact) mass is 314 g/mol. The van der Waals surface area contributed by atoms with E-state index in [1.807, 2.05) is 28.8 Å². The zero-order valence-electron chi connectivity index (χ0n) is 14.1. The summed E-state index contributed by atoms with van der Waals surface area (Å²) in [5.41, 5.74) is 1.77. The fraction of sp³-hybridized carbons (Fsp3) is 0.500. The van der Waals surface area contributed by atoms with E-state index in [-0.39, 0.29) is 5.91 Å². The van der Waals surface area contributed by atoms with Gasteiger partial charge >= 0.3 is 0 Å². The van der Waals surface area contributed by atoms with Gasteiger partial charge in [-0.3, -0.25) is 4.79 Å². The zero-order chi connectivity index (χ0) is 16.5. The van der Waals surface area contributed by atoms with E-state index in [4.69, 9.17) is 0 Å². The van der Waals surface area contributed by atoms with Crippen molar-refractivity contribution in [1.82, 2.24) is 14.8 Å². The van der Waals surface area contributed by atoms with E-state index < -0.39 is 0 Å². The Morgan fingerprint density at radius 2 is 2.00 bits per heavy atom. The summed E-state index contributed by atoms with van der Waals surface area (Å²) in [5.74, 6) is 0.902. The first-order chi connectivity index (χ1) is 11.2. The summed E-state index contributed by atoms with van der Waals surface area (Å²) in [4.78, 5) is 12.0. The lowest BCUT2D eigenvalue weighted by molar-refractivity contribution is -0.116. The van der Waals surface area contributed by atoms with Crippen molar-refractivity contribution >= 4 is 11.6 Å². The number of nitrogens with one attached hydrogen (secondary N) is 1. The Hall–Kier alpha value is -2.17. The van der Waals surface area contributed by atoms with E-state index in [0.29, 0.717) is 6.42 Å². The number of anilines is 1. The third-order valence-corrected chi connectivity index (χ3v) is 3.87. The van der Waals surface area contributed by atoms with Gasteiger partial charge in [0, 0.05) is 24.2 Å². The van der Waals surface area contributed by atoms with Crippen LogP contribution in [0, 0.1) is 0 Å². The highest BCUT2D eigenvalue weighted by molar-refractivity contribution is 5.91. The normalized spacial score (nSPS) is 10.7. The second kappa shape index (κ2) is 9.08. The van der Waals surface area contributed by atoms with E-state index in [1.165, 1.54) is 19.3 Å². The molecule has 0 fully saturated rings. The number of aryl methyl sites for hydroxylation is 1. The number of unbranched alkanes of at least 4 members (excludes halogenated alkanes) is 4. The lowest BCUT2D eigenvalue weighted by Gasteiger charge is -2.08. The SMILES string of the molecule is CCCCCCCC(=O)Nc1cccc(-c2nncn2CC)c1. The molecule has 0 saturated carbocycles. The molecule has 1 amide bonds. The van der Waals surface area contributed by atoms with Crippen LogP contribution >= 0.6 is 0 Å². The molecule has 0 aliphatic heterocycles. The largest absolute Gasteiger partial charge is 0.326 e. The number of benzene rings is 1. The molecular weight excluding hydrogens is 288 g/mol. The quantitative estimate of drug-likeness (QED) is 0.703. The molecule has 23 heavy (non-hydrogen) atoms. The molecule has 0 atom stereocenters. The lowest BCUT2D eigenvalue weighted by atomic mass is 10.1. The second-order valence-electron chi connectivity index (χ2n) is 5.73. The Morgan fingerprint density at radius 1 is 1.17 bits per heavy atom. The maximum Gasteiger partial charge on any atom is 0.224 e. The lowest BCUT2D eigenvalue weighted by Crippen LogP contribution is -2.11. The van der Waals surface area contributed by atoms with Gasteiger partial charge in [-0.05, 0) is 25.5 Å². The smallest absolute Gasteiger partial charge is 0.224 e. The standard InChI is InChI=1S/C18H26N4O/c1-3-5-6-7-8-12-17(23)20-16-11-9-10-15(13-16)18-21-19-14-22(18)4-2/h9-11,13-14H,3-8,12H2,1-2H3,(H,20,23). The number of aromatic nitrogens is 3. The van der Waals surface area contributed by atoms with Gasteiger partial charge in [0.15, 0.2) is 5.82 Å². The molecule has 5 nitrogen and oxygen atoms in total. The molecule has 0 bridgehead atoms. The third-order valence-electron chi connectivity index (χ3n) is 3.87. The number of carbonyl (C=O) groups excluding carboxylic acids is 1. The molecule has 0 radical (unpaired) electrons. The fourth-order valence-corrected chi connectivity index (χ4v) is 2.56. The number of amides is 1. The van der Waals surface area contributed by atoms with Gasteiger partial charge in [-0.15, -0.1) is 10.2 Å². The van der Waals surface area contributed by atoms with E-state index >= 15 is 0 Å². The molecule has 2 rings (SSSR count). The molecule has 0 aliphatic carbocycles. The van der Waals surface area contributed by atoms with Crippen LogP contribution in [0.5, 0.6) is 0 Å². The maximum atomic E-state index is 12.0. The topological polar surface area (TPSA) is 59.8 Å². The van der Waals surface area contributed by atoms with Crippen molar-refractivity contribution in [3.63, 3.8) is 0 Å². The molecule has 1 aromatic heterocycles. The van der Waals surface area contributed by atoms with Crippen molar-refractivity contribution in [2.75, 3.05) is 5.32 Å². The van der Waals surface area contributed by atoms with Crippen molar-refractivity contribution in [2.24, 2.45) is 0 Å². The minimum atomic E-state index is 0.0793. The van der Waals surface area contributed by atoms with Gasteiger partial charge in [0.05, 0.1) is 0 Å². The molecule has 1 N–H and O–H groups in total. The zero-order valence-corrected chi connectivity index (χ0v) is 14.1. The van der Waals surface area contributed by atoms with Crippen molar-refractivity contribution in [2.45, 2.75) is 58.9 Å². The van der Waals surface area contributed by atoms with Crippen molar-refractivity contribution < 1.29 is 4.79 Å². The summed E-state index contributed by atoms with van der Waals surface area (Å²) >= 11 is 0. The molecular formula is C18H26N4O. The highest BCUT2D eigenvalue weighted by atomic mass is 16.1. The van der Waals surface area contributed by atoms with Gasteiger partial charge in [0.2, 0.25) is 5.91 Å². The van der Waals surface area contributed by atoms with Gasteiger partial charge in [-0.2, -0.15) is 0 Å². The molecule has 0 spiro atoms. The third kappa shape index (κ3) is 5.20. The first-order valence-electron chi connectivity index (χ1n) is 8.52. The summed E-state index contributed by atoms with van der Waals surface area (Å²) in [6.07, 6.45) is 8.07. The molecule has 2 aromatic rings. The maximum absolute atomic E-state index is 12.0. The number of nitrogens with zero attached hydrogens (tertiary/aromatic N) is 3. The van der Waals surface area contributed by atoms with Gasteiger partial charge < -0.3 is 9.88 Å². The minimum Gasteiger partial charge on any atom is -0.326 e. The molecule has 5 heteroatoms. The van der Waals surface area contributed by atoms with Gasteiger partial charge in [-0.25, -0.2) is 0 Å². The predicted molar refractivity (Wildman–Crippen MR) is 93.1 cm³/mol. The van der Waals surface area contributed by atoms with E-state index in [0.717, 1.165) is 36.5 Å². The Balaban J connectivity index is 1.91. The van der Waals surface area contributed by atoms with Crippen LogP contribution in [-0.4, -0.2) is 20.7 Å². The number of carbonyl (C=O) groups is 1.